The molecule has 0 saturated carbocycles. The number of rotatable bonds is 8. The molecule has 0 spiro atoms. The first-order valence-electron chi connectivity index (χ1n) is 8.15. The summed E-state index contributed by atoms with van der Waals surface area (Å²) >= 11 is 0. The Kier molecular flexibility index (Phi) is 6.77. The summed E-state index contributed by atoms with van der Waals surface area (Å²) in [5.74, 6) is -1.10. The quantitative estimate of drug-likeness (QED) is 0.568. The number of carbonyl (C=O) groups excluding carboxylic acids is 1. The number of unbranched alkanes of at least 4 members (excludes halogenated alkanes) is 1. The van der Waals surface area contributed by atoms with E-state index in [2.05, 4.69) is 12.2 Å². The van der Waals surface area contributed by atoms with Gasteiger partial charge in [0.1, 0.15) is 11.4 Å². The molecule has 0 bridgehead atoms. The molecule has 2 N–H and O–H groups in total. The summed E-state index contributed by atoms with van der Waals surface area (Å²) < 4.78 is 5.70. The number of carboxylic acids is 1. The van der Waals surface area contributed by atoms with E-state index in [0.717, 1.165) is 12.8 Å². The molecule has 5 nitrogen and oxygen atoms in total. The van der Waals surface area contributed by atoms with Gasteiger partial charge in [0.25, 0.3) is 5.91 Å². The van der Waals surface area contributed by atoms with Gasteiger partial charge in [-0.15, -0.1) is 0 Å². The van der Waals surface area contributed by atoms with Crippen LogP contribution in [-0.2, 0) is 4.79 Å². The van der Waals surface area contributed by atoms with Crippen LogP contribution in [0.3, 0.4) is 0 Å². The molecule has 0 heterocycles. The molecule has 130 valence electrons. The van der Waals surface area contributed by atoms with Crippen molar-refractivity contribution in [3.05, 3.63) is 71.4 Å². The van der Waals surface area contributed by atoms with Crippen LogP contribution < -0.4 is 10.1 Å². The maximum atomic E-state index is 12.2. The van der Waals surface area contributed by atoms with Gasteiger partial charge >= 0.3 is 5.97 Å². The molecule has 2 rings (SSSR count). The molecule has 0 aliphatic heterocycles. The van der Waals surface area contributed by atoms with E-state index in [9.17, 15) is 14.7 Å². The summed E-state index contributed by atoms with van der Waals surface area (Å²) in [6.45, 7) is 2.62. The monoisotopic (exact) mass is 339 g/mol. The molecule has 5 heteroatoms. The summed E-state index contributed by atoms with van der Waals surface area (Å²) in [5.41, 5.74) is 0.784. The summed E-state index contributed by atoms with van der Waals surface area (Å²) in [7, 11) is 0. The second-order valence-corrected chi connectivity index (χ2v) is 5.42. The van der Waals surface area contributed by atoms with Crippen molar-refractivity contribution in [3.8, 4) is 5.75 Å². The standard InChI is InChI=1S/C20H21NO4/c1-2-3-13-25-18-12-8-7-11-16(18)14-17(20(23)24)21-19(22)15-9-5-4-6-10-15/h4-12,14H,2-3,13H2,1H3,(H,21,22)(H,23,24)/b17-14+. The summed E-state index contributed by atoms with van der Waals surface area (Å²) in [6.07, 6.45) is 3.32. The highest BCUT2D eigenvalue weighted by Crippen LogP contribution is 2.21. The van der Waals surface area contributed by atoms with E-state index in [1.165, 1.54) is 6.08 Å². The number of carboxylic acid groups (broad SMARTS) is 1. The van der Waals surface area contributed by atoms with E-state index in [0.29, 0.717) is 23.5 Å². The zero-order chi connectivity index (χ0) is 18.1. The van der Waals surface area contributed by atoms with E-state index in [1.54, 1.807) is 48.5 Å². The van der Waals surface area contributed by atoms with Gasteiger partial charge < -0.3 is 15.2 Å². The molecule has 0 saturated heterocycles. The SMILES string of the molecule is CCCCOc1ccccc1/C=C(/NC(=O)c1ccccc1)C(=O)O. The first-order valence-corrected chi connectivity index (χ1v) is 8.15. The average Bonchev–Trinajstić information content (AvgIpc) is 2.63. The molecule has 2 aromatic carbocycles. The Morgan fingerprint density at radius 3 is 2.44 bits per heavy atom. The molecule has 0 radical (unpaired) electrons. The van der Waals surface area contributed by atoms with Crippen molar-refractivity contribution >= 4 is 18.0 Å². The maximum Gasteiger partial charge on any atom is 0.352 e. The number of hydrogen-bond acceptors (Lipinski definition) is 3. The number of nitrogens with one attached hydrogen (secondary N) is 1. The van der Waals surface area contributed by atoms with Gasteiger partial charge in [-0.2, -0.15) is 0 Å². The molecule has 0 aromatic heterocycles. The Balaban J connectivity index is 2.22. The molecule has 1 amide bonds. The molecular weight excluding hydrogens is 318 g/mol. The minimum atomic E-state index is -1.22. The first-order chi connectivity index (χ1) is 12.1. The van der Waals surface area contributed by atoms with Gasteiger partial charge in [0.15, 0.2) is 0 Å². The third kappa shape index (κ3) is 5.49. The second kappa shape index (κ2) is 9.27. The zero-order valence-corrected chi connectivity index (χ0v) is 14.1. The highest BCUT2D eigenvalue weighted by atomic mass is 16.5. The number of aliphatic carboxylic acids is 1. The topological polar surface area (TPSA) is 75.6 Å². The van der Waals surface area contributed by atoms with E-state index in [-0.39, 0.29) is 5.70 Å². The maximum absolute atomic E-state index is 12.2. The normalized spacial score (nSPS) is 11.0. The number of amides is 1. The predicted molar refractivity (Wildman–Crippen MR) is 96.4 cm³/mol. The lowest BCUT2D eigenvalue weighted by Gasteiger charge is -2.10. The first kappa shape index (κ1) is 18.3. The molecule has 0 unspecified atom stereocenters. The number of benzene rings is 2. The van der Waals surface area contributed by atoms with Crippen LogP contribution in [0.2, 0.25) is 0 Å². The van der Waals surface area contributed by atoms with Crippen LogP contribution in [0.25, 0.3) is 6.08 Å². The largest absolute Gasteiger partial charge is 0.493 e. The highest BCUT2D eigenvalue weighted by Gasteiger charge is 2.14. The number of para-hydroxylation sites is 1. The van der Waals surface area contributed by atoms with Crippen LogP contribution in [0, 0.1) is 0 Å². The van der Waals surface area contributed by atoms with Gasteiger partial charge in [-0.05, 0) is 30.7 Å². The molecule has 0 aliphatic carbocycles. The van der Waals surface area contributed by atoms with Crippen molar-refractivity contribution in [2.45, 2.75) is 19.8 Å². The van der Waals surface area contributed by atoms with E-state index in [4.69, 9.17) is 4.74 Å². The minimum absolute atomic E-state index is 0.208. The van der Waals surface area contributed by atoms with Crippen LogP contribution in [0.4, 0.5) is 0 Å². The van der Waals surface area contributed by atoms with Crippen molar-refractivity contribution in [2.75, 3.05) is 6.61 Å². The zero-order valence-electron chi connectivity index (χ0n) is 14.1. The fourth-order valence-corrected chi connectivity index (χ4v) is 2.15. The molecule has 0 fully saturated rings. The molecule has 25 heavy (non-hydrogen) atoms. The third-order valence-electron chi connectivity index (χ3n) is 3.49. The third-order valence-corrected chi connectivity index (χ3v) is 3.49. The predicted octanol–water partition coefficient (Wildman–Crippen LogP) is 3.72. The van der Waals surface area contributed by atoms with Crippen LogP contribution in [-0.4, -0.2) is 23.6 Å². The fraction of sp³-hybridized carbons (Fsp3) is 0.200. The average molecular weight is 339 g/mol. The number of carbonyl (C=O) groups is 2. The summed E-state index contributed by atoms with van der Waals surface area (Å²) in [5, 5.41) is 11.9. The van der Waals surface area contributed by atoms with Gasteiger partial charge in [0.05, 0.1) is 6.61 Å². The van der Waals surface area contributed by atoms with Crippen LogP contribution in [0.15, 0.2) is 60.3 Å². The van der Waals surface area contributed by atoms with E-state index < -0.39 is 11.9 Å². The smallest absolute Gasteiger partial charge is 0.352 e. The van der Waals surface area contributed by atoms with E-state index >= 15 is 0 Å². The van der Waals surface area contributed by atoms with Crippen molar-refractivity contribution in [3.63, 3.8) is 0 Å². The number of ether oxygens (including phenoxy) is 1. The highest BCUT2D eigenvalue weighted by molar-refractivity contribution is 6.02. The minimum Gasteiger partial charge on any atom is -0.493 e. The Labute approximate surface area is 146 Å². The summed E-state index contributed by atoms with van der Waals surface area (Å²) in [4.78, 5) is 23.7. The van der Waals surface area contributed by atoms with Gasteiger partial charge in [0, 0.05) is 11.1 Å². The lowest BCUT2D eigenvalue weighted by Crippen LogP contribution is -2.27. The van der Waals surface area contributed by atoms with Crippen LogP contribution in [0.5, 0.6) is 5.75 Å². The lowest BCUT2D eigenvalue weighted by molar-refractivity contribution is -0.132. The molecule has 0 atom stereocenters. The van der Waals surface area contributed by atoms with Crippen molar-refractivity contribution in [2.24, 2.45) is 0 Å². The van der Waals surface area contributed by atoms with Crippen molar-refractivity contribution in [1.29, 1.82) is 0 Å². The molecule has 0 aliphatic rings. The Morgan fingerprint density at radius 1 is 1.08 bits per heavy atom. The van der Waals surface area contributed by atoms with Gasteiger partial charge in [-0.1, -0.05) is 49.7 Å². The van der Waals surface area contributed by atoms with Gasteiger partial charge in [0.2, 0.25) is 0 Å². The second-order valence-electron chi connectivity index (χ2n) is 5.42. The van der Waals surface area contributed by atoms with Gasteiger partial charge in [-0.3, -0.25) is 4.79 Å². The van der Waals surface area contributed by atoms with Gasteiger partial charge in [-0.25, -0.2) is 4.79 Å². The van der Waals surface area contributed by atoms with Crippen molar-refractivity contribution < 1.29 is 19.4 Å². The number of hydrogen-bond donors (Lipinski definition) is 2. The Bertz CT molecular complexity index is 753. The van der Waals surface area contributed by atoms with Crippen LogP contribution in [0.1, 0.15) is 35.7 Å². The molecular formula is C20H21NO4. The van der Waals surface area contributed by atoms with Crippen molar-refractivity contribution in [1.82, 2.24) is 5.32 Å². The van der Waals surface area contributed by atoms with E-state index in [1.807, 2.05) is 6.07 Å². The lowest BCUT2D eigenvalue weighted by atomic mass is 10.1. The fourth-order valence-electron chi connectivity index (χ4n) is 2.15. The van der Waals surface area contributed by atoms with Crippen LogP contribution >= 0.6 is 0 Å². The Hall–Kier alpha value is -3.08. The summed E-state index contributed by atoms with van der Waals surface area (Å²) in [6, 6.07) is 15.6. The molecule has 2 aromatic rings. The Morgan fingerprint density at radius 2 is 1.76 bits per heavy atom.